The summed E-state index contributed by atoms with van der Waals surface area (Å²) in [5.74, 6) is -3.44. The van der Waals surface area contributed by atoms with Crippen molar-refractivity contribution in [2.45, 2.75) is 31.9 Å². The minimum atomic E-state index is -2.66. The number of amides is 1. The predicted octanol–water partition coefficient (Wildman–Crippen LogP) is 0.801. The highest BCUT2D eigenvalue weighted by Crippen LogP contribution is 2.08. The summed E-state index contributed by atoms with van der Waals surface area (Å²) in [6, 6.07) is 1.25. The second kappa shape index (κ2) is 7.36. The molecule has 1 aromatic heterocycles. The van der Waals surface area contributed by atoms with Gasteiger partial charge in [0.15, 0.2) is 0 Å². The van der Waals surface area contributed by atoms with Crippen molar-refractivity contribution in [1.82, 2.24) is 9.88 Å². The fraction of sp³-hybridized carbons (Fsp3) is 0.417. The first-order chi connectivity index (χ1) is 9.81. The number of aromatic nitrogens is 1. The van der Waals surface area contributed by atoms with Crippen LogP contribution in [-0.4, -0.2) is 45.1 Å². The summed E-state index contributed by atoms with van der Waals surface area (Å²) in [6.45, 7) is -0.692. The zero-order valence-electron chi connectivity index (χ0n) is 10.8. The van der Waals surface area contributed by atoms with E-state index < -0.39 is 43.3 Å². The number of carboxylic acid groups (broad SMARTS) is 2. The quantitative estimate of drug-likeness (QED) is 0.658. The van der Waals surface area contributed by atoms with E-state index in [-0.39, 0.29) is 12.1 Å². The summed E-state index contributed by atoms with van der Waals surface area (Å²) in [5.41, 5.74) is -0.114. The summed E-state index contributed by atoms with van der Waals surface area (Å²) in [7, 11) is 0. The fourth-order valence-electron chi connectivity index (χ4n) is 1.69. The van der Waals surface area contributed by atoms with Gasteiger partial charge in [-0.05, 0) is 18.6 Å². The molecule has 0 aliphatic rings. The molecule has 116 valence electrons. The molecule has 0 saturated carbocycles. The Hall–Kier alpha value is -2.45. The van der Waals surface area contributed by atoms with Gasteiger partial charge >= 0.3 is 11.9 Å². The van der Waals surface area contributed by atoms with Crippen LogP contribution in [0.15, 0.2) is 18.3 Å². The number of carbonyl (C=O) groups excluding carboxylic acids is 1. The summed E-state index contributed by atoms with van der Waals surface area (Å²) < 4.78 is 25.7. The lowest BCUT2D eigenvalue weighted by atomic mass is 10.1. The van der Waals surface area contributed by atoms with Gasteiger partial charge in [-0.25, -0.2) is 13.6 Å². The van der Waals surface area contributed by atoms with E-state index in [1.165, 1.54) is 18.3 Å². The van der Waals surface area contributed by atoms with Gasteiger partial charge in [0.05, 0.1) is 6.54 Å². The summed E-state index contributed by atoms with van der Waals surface area (Å²) in [6.07, 6.45) is -2.12. The van der Waals surface area contributed by atoms with Crippen molar-refractivity contribution in [3.8, 4) is 0 Å². The van der Waals surface area contributed by atoms with Crippen LogP contribution in [0.2, 0.25) is 0 Å². The summed E-state index contributed by atoms with van der Waals surface area (Å²) >= 11 is 0. The Morgan fingerprint density at radius 1 is 1.29 bits per heavy atom. The second-order valence-electron chi connectivity index (χ2n) is 4.23. The Balaban J connectivity index is 2.75. The van der Waals surface area contributed by atoms with Crippen molar-refractivity contribution in [3.63, 3.8) is 0 Å². The van der Waals surface area contributed by atoms with Crippen LogP contribution < -0.4 is 5.32 Å². The van der Waals surface area contributed by atoms with Gasteiger partial charge in [-0.2, -0.15) is 0 Å². The molecule has 0 unspecified atom stereocenters. The first-order valence-corrected chi connectivity index (χ1v) is 6.00. The van der Waals surface area contributed by atoms with E-state index in [2.05, 4.69) is 5.32 Å². The van der Waals surface area contributed by atoms with Gasteiger partial charge in [0.2, 0.25) is 0 Å². The molecule has 1 rings (SSSR count). The molecule has 0 saturated heterocycles. The Labute approximate surface area is 118 Å². The van der Waals surface area contributed by atoms with Gasteiger partial charge in [0, 0.05) is 12.6 Å². The second-order valence-corrected chi connectivity index (χ2v) is 4.23. The maximum atomic E-state index is 12.3. The average molecular weight is 304 g/mol. The van der Waals surface area contributed by atoms with Crippen molar-refractivity contribution in [2.75, 3.05) is 0 Å². The third-order valence-electron chi connectivity index (χ3n) is 2.65. The topological polar surface area (TPSA) is 109 Å². The molecule has 21 heavy (non-hydrogen) atoms. The van der Waals surface area contributed by atoms with Gasteiger partial charge in [0.25, 0.3) is 12.3 Å². The van der Waals surface area contributed by atoms with Gasteiger partial charge in [-0.15, -0.1) is 0 Å². The smallest absolute Gasteiger partial charge is 0.326 e. The lowest BCUT2D eigenvalue weighted by Gasteiger charge is -2.14. The van der Waals surface area contributed by atoms with Crippen LogP contribution >= 0.6 is 0 Å². The van der Waals surface area contributed by atoms with Crippen molar-refractivity contribution in [1.29, 1.82) is 0 Å². The number of carbonyl (C=O) groups is 3. The van der Waals surface area contributed by atoms with Gasteiger partial charge < -0.3 is 20.1 Å². The molecular formula is C12H14F2N2O5. The Kier molecular flexibility index (Phi) is 5.82. The van der Waals surface area contributed by atoms with Crippen LogP contribution in [0.25, 0.3) is 0 Å². The molecular weight excluding hydrogens is 290 g/mol. The van der Waals surface area contributed by atoms with Crippen molar-refractivity contribution < 1.29 is 33.4 Å². The van der Waals surface area contributed by atoms with Crippen LogP contribution in [0.3, 0.4) is 0 Å². The van der Waals surface area contributed by atoms with Gasteiger partial charge in [0.1, 0.15) is 11.7 Å². The lowest BCUT2D eigenvalue weighted by Crippen LogP contribution is -2.41. The van der Waals surface area contributed by atoms with Crippen molar-refractivity contribution in [3.05, 3.63) is 24.0 Å². The first-order valence-electron chi connectivity index (χ1n) is 6.00. The number of hydrogen-bond donors (Lipinski definition) is 3. The molecule has 0 bridgehead atoms. The van der Waals surface area contributed by atoms with E-state index in [1.54, 1.807) is 0 Å². The molecule has 1 aromatic rings. The van der Waals surface area contributed by atoms with Crippen molar-refractivity contribution >= 4 is 17.8 Å². The molecule has 9 heteroatoms. The van der Waals surface area contributed by atoms with E-state index in [1.807, 2.05) is 0 Å². The van der Waals surface area contributed by atoms with E-state index in [4.69, 9.17) is 10.2 Å². The monoisotopic (exact) mass is 304 g/mol. The molecule has 1 heterocycles. The SMILES string of the molecule is O=C(O)CC[C@H](NC(=O)c1cccn1CC(F)F)C(=O)O. The molecule has 1 atom stereocenters. The molecule has 0 aliphatic heterocycles. The zero-order valence-corrected chi connectivity index (χ0v) is 10.8. The number of nitrogens with zero attached hydrogens (tertiary/aromatic N) is 1. The largest absolute Gasteiger partial charge is 0.481 e. The zero-order chi connectivity index (χ0) is 16.0. The van der Waals surface area contributed by atoms with E-state index in [9.17, 15) is 23.2 Å². The van der Waals surface area contributed by atoms with Crippen LogP contribution in [0.1, 0.15) is 23.3 Å². The Morgan fingerprint density at radius 3 is 2.48 bits per heavy atom. The maximum Gasteiger partial charge on any atom is 0.326 e. The van der Waals surface area contributed by atoms with E-state index in [0.717, 1.165) is 4.57 Å². The van der Waals surface area contributed by atoms with Gasteiger partial charge in [-0.3, -0.25) is 9.59 Å². The lowest BCUT2D eigenvalue weighted by molar-refractivity contribution is -0.140. The normalized spacial score (nSPS) is 12.1. The number of halogens is 2. The molecule has 1 amide bonds. The average Bonchev–Trinajstić information content (AvgIpc) is 2.80. The summed E-state index contributed by atoms with van der Waals surface area (Å²) in [5, 5.41) is 19.5. The van der Waals surface area contributed by atoms with Crippen LogP contribution in [0.4, 0.5) is 8.78 Å². The summed E-state index contributed by atoms with van der Waals surface area (Å²) in [4.78, 5) is 33.2. The Bertz CT molecular complexity index is 529. The minimum Gasteiger partial charge on any atom is -0.481 e. The van der Waals surface area contributed by atoms with Crippen LogP contribution in [-0.2, 0) is 16.1 Å². The van der Waals surface area contributed by atoms with Crippen molar-refractivity contribution in [2.24, 2.45) is 0 Å². The molecule has 7 nitrogen and oxygen atoms in total. The van der Waals surface area contributed by atoms with Crippen LogP contribution in [0.5, 0.6) is 0 Å². The highest BCUT2D eigenvalue weighted by molar-refractivity contribution is 5.95. The first kappa shape index (κ1) is 16.6. The fourth-order valence-corrected chi connectivity index (χ4v) is 1.69. The number of carboxylic acids is 2. The highest BCUT2D eigenvalue weighted by atomic mass is 19.3. The van der Waals surface area contributed by atoms with Crippen LogP contribution in [0, 0.1) is 0 Å². The number of hydrogen-bond acceptors (Lipinski definition) is 3. The highest BCUT2D eigenvalue weighted by Gasteiger charge is 2.23. The number of rotatable bonds is 8. The molecule has 0 spiro atoms. The molecule has 0 fully saturated rings. The minimum absolute atomic E-state index is 0.114. The third-order valence-corrected chi connectivity index (χ3v) is 2.65. The molecule has 3 N–H and O–H groups in total. The number of alkyl halides is 2. The van der Waals surface area contributed by atoms with Gasteiger partial charge in [-0.1, -0.05) is 0 Å². The predicted molar refractivity (Wildman–Crippen MR) is 66.2 cm³/mol. The van der Waals surface area contributed by atoms with E-state index in [0.29, 0.717) is 0 Å². The molecule has 0 radical (unpaired) electrons. The molecule has 0 aromatic carbocycles. The third kappa shape index (κ3) is 5.21. The standard InChI is InChI=1S/C12H14F2N2O5/c13-9(14)6-16-5-1-2-8(16)11(19)15-7(12(20)21)3-4-10(17)18/h1-2,5,7,9H,3-4,6H2,(H,15,19)(H,17,18)(H,20,21)/t7-/m0/s1. The number of aliphatic carboxylic acids is 2. The Morgan fingerprint density at radius 2 is 1.95 bits per heavy atom. The molecule has 0 aliphatic carbocycles. The maximum absolute atomic E-state index is 12.3. The van der Waals surface area contributed by atoms with E-state index >= 15 is 0 Å². The number of nitrogens with one attached hydrogen (secondary N) is 1.